The first-order valence-electron chi connectivity index (χ1n) is 11.7. The SMILES string of the molecule is CCCn1c(C)cc(/C=C(\C#N)C(=O)OCC(=O)NC(=O)Nc2ccc(OCC)c(OCC)c2)c1C. The van der Waals surface area contributed by atoms with Crippen molar-refractivity contribution in [1.82, 2.24) is 9.88 Å². The molecule has 2 N–H and O–H groups in total. The van der Waals surface area contributed by atoms with Gasteiger partial charge in [-0.05, 0) is 64.0 Å². The number of aryl methyl sites for hydroxylation is 1. The molecule has 0 saturated carbocycles. The standard InChI is InChI=1S/C26H32N4O6/c1-6-11-30-17(4)12-19(18(30)5)13-20(15-27)25(32)36-16-24(31)29-26(33)28-21-9-10-22(34-7-2)23(14-21)35-8-3/h9-10,12-14H,6-8,11,16H2,1-5H3,(H2,28,29,31,33)/b20-13+. The Morgan fingerprint density at radius 3 is 2.39 bits per heavy atom. The molecule has 192 valence electrons. The van der Waals surface area contributed by atoms with Crippen LogP contribution in [0, 0.1) is 25.2 Å². The minimum absolute atomic E-state index is 0.248. The number of esters is 1. The number of urea groups is 1. The maximum absolute atomic E-state index is 12.3. The molecule has 0 spiro atoms. The van der Waals surface area contributed by atoms with Crippen LogP contribution in [0.2, 0.25) is 0 Å². The summed E-state index contributed by atoms with van der Waals surface area (Å²) in [5.74, 6) is -0.831. The predicted octanol–water partition coefficient (Wildman–Crippen LogP) is 4.11. The van der Waals surface area contributed by atoms with Crippen LogP contribution < -0.4 is 20.1 Å². The molecule has 1 aromatic carbocycles. The lowest BCUT2D eigenvalue weighted by Gasteiger charge is -2.13. The zero-order valence-corrected chi connectivity index (χ0v) is 21.3. The van der Waals surface area contributed by atoms with E-state index < -0.39 is 24.5 Å². The van der Waals surface area contributed by atoms with Gasteiger partial charge < -0.3 is 24.1 Å². The number of hydrogen-bond donors (Lipinski definition) is 2. The smallest absolute Gasteiger partial charge is 0.349 e. The van der Waals surface area contributed by atoms with Crippen LogP contribution in [0.5, 0.6) is 11.5 Å². The molecule has 2 aromatic rings. The van der Waals surface area contributed by atoms with Crippen molar-refractivity contribution in [3.8, 4) is 17.6 Å². The number of carbonyl (C=O) groups excluding carboxylic acids is 3. The average Bonchev–Trinajstić information content (AvgIpc) is 3.10. The summed E-state index contributed by atoms with van der Waals surface area (Å²) in [5, 5.41) is 14.0. The molecular weight excluding hydrogens is 464 g/mol. The number of nitriles is 1. The van der Waals surface area contributed by atoms with E-state index in [9.17, 15) is 19.6 Å². The van der Waals surface area contributed by atoms with Gasteiger partial charge in [0.15, 0.2) is 18.1 Å². The fraction of sp³-hybridized carbons (Fsp3) is 0.385. The molecule has 0 saturated heterocycles. The third-order valence-electron chi connectivity index (χ3n) is 5.09. The maximum atomic E-state index is 12.3. The minimum Gasteiger partial charge on any atom is -0.490 e. The van der Waals surface area contributed by atoms with Crippen LogP contribution in [0.3, 0.4) is 0 Å². The second kappa shape index (κ2) is 13.6. The number of ether oxygens (including phenoxy) is 3. The van der Waals surface area contributed by atoms with Gasteiger partial charge in [0.2, 0.25) is 0 Å². The third-order valence-corrected chi connectivity index (χ3v) is 5.09. The van der Waals surface area contributed by atoms with Crippen molar-refractivity contribution in [1.29, 1.82) is 5.26 Å². The first kappa shape index (κ1) is 28.0. The van der Waals surface area contributed by atoms with Crippen LogP contribution in [0.1, 0.15) is 44.1 Å². The Balaban J connectivity index is 1.96. The summed E-state index contributed by atoms with van der Waals surface area (Å²) < 4.78 is 18.0. The van der Waals surface area contributed by atoms with E-state index in [2.05, 4.69) is 22.1 Å². The molecule has 10 nitrogen and oxygen atoms in total. The quantitative estimate of drug-likeness (QED) is 0.272. The van der Waals surface area contributed by atoms with Crippen molar-refractivity contribution in [2.24, 2.45) is 0 Å². The van der Waals surface area contributed by atoms with Crippen molar-refractivity contribution in [2.75, 3.05) is 25.1 Å². The summed E-state index contributed by atoms with van der Waals surface area (Å²) in [4.78, 5) is 36.6. The highest BCUT2D eigenvalue weighted by molar-refractivity contribution is 6.03. The van der Waals surface area contributed by atoms with Gasteiger partial charge in [0, 0.05) is 29.7 Å². The molecule has 0 aliphatic carbocycles. The Labute approximate surface area is 210 Å². The molecule has 10 heteroatoms. The predicted molar refractivity (Wildman–Crippen MR) is 135 cm³/mol. The molecule has 0 atom stereocenters. The Kier molecular flexibility index (Phi) is 10.6. The highest BCUT2D eigenvalue weighted by atomic mass is 16.5. The lowest BCUT2D eigenvalue weighted by Crippen LogP contribution is -2.37. The van der Waals surface area contributed by atoms with Gasteiger partial charge in [-0.2, -0.15) is 5.26 Å². The zero-order valence-electron chi connectivity index (χ0n) is 21.3. The van der Waals surface area contributed by atoms with E-state index in [-0.39, 0.29) is 5.57 Å². The van der Waals surface area contributed by atoms with Gasteiger partial charge in [-0.25, -0.2) is 9.59 Å². The van der Waals surface area contributed by atoms with Crippen LogP contribution in [0.25, 0.3) is 6.08 Å². The number of imide groups is 1. The lowest BCUT2D eigenvalue weighted by molar-refractivity contribution is -0.144. The molecule has 0 fully saturated rings. The Morgan fingerprint density at radius 2 is 1.75 bits per heavy atom. The fourth-order valence-electron chi connectivity index (χ4n) is 3.50. The largest absolute Gasteiger partial charge is 0.490 e. The number of rotatable bonds is 11. The van der Waals surface area contributed by atoms with Crippen molar-refractivity contribution in [3.05, 3.63) is 46.8 Å². The van der Waals surface area contributed by atoms with Crippen LogP contribution in [0.4, 0.5) is 10.5 Å². The molecule has 0 radical (unpaired) electrons. The Hall–Kier alpha value is -4.26. The maximum Gasteiger partial charge on any atom is 0.349 e. The number of amides is 3. The molecule has 0 unspecified atom stereocenters. The summed E-state index contributed by atoms with van der Waals surface area (Å²) in [7, 11) is 0. The zero-order chi connectivity index (χ0) is 26.7. The molecule has 1 heterocycles. The summed E-state index contributed by atoms with van der Waals surface area (Å²) >= 11 is 0. The highest BCUT2D eigenvalue weighted by Gasteiger charge is 2.17. The van der Waals surface area contributed by atoms with E-state index in [1.807, 2.05) is 39.8 Å². The molecule has 0 aliphatic heterocycles. The Morgan fingerprint density at radius 1 is 1.06 bits per heavy atom. The van der Waals surface area contributed by atoms with Crippen molar-refractivity contribution >= 4 is 29.7 Å². The van der Waals surface area contributed by atoms with Crippen LogP contribution >= 0.6 is 0 Å². The first-order valence-corrected chi connectivity index (χ1v) is 11.7. The second-order valence-corrected chi connectivity index (χ2v) is 7.75. The van der Waals surface area contributed by atoms with E-state index in [1.165, 1.54) is 6.08 Å². The Bertz CT molecular complexity index is 1180. The van der Waals surface area contributed by atoms with Crippen LogP contribution in [-0.4, -0.2) is 42.3 Å². The molecule has 1 aromatic heterocycles. The summed E-state index contributed by atoms with van der Waals surface area (Å²) in [6.45, 7) is 10.5. The third kappa shape index (κ3) is 7.63. The average molecular weight is 497 g/mol. The van der Waals surface area contributed by atoms with E-state index in [1.54, 1.807) is 18.2 Å². The molecule has 3 amide bonds. The topological polar surface area (TPSA) is 132 Å². The number of nitrogens with one attached hydrogen (secondary N) is 2. The number of hydrogen-bond acceptors (Lipinski definition) is 7. The summed E-state index contributed by atoms with van der Waals surface area (Å²) in [6, 6.07) is 7.68. The van der Waals surface area contributed by atoms with Crippen LogP contribution in [0.15, 0.2) is 29.8 Å². The monoisotopic (exact) mass is 496 g/mol. The normalized spacial score (nSPS) is 10.8. The molecule has 0 bridgehead atoms. The molecule has 2 rings (SSSR count). The van der Waals surface area contributed by atoms with E-state index >= 15 is 0 Å². The molecule has 0 aliphatic rings. The summed E-state index contributed by atoms with van der Waals surface area (Å²) in [6.07, 6.45) is 2.38. The van der Waals surface area contributed by atoms with Crippen molar-refractivity contribution < 1.29 is 28.6 Å². The van der Waals surface area contributed by atoms with Crippen LogP contribution in [-0.2, 0) is 20.9 Å². The van der Waals surface area contributed by atoms with E-state index in [0.717, 1.165) is 29.9 Å². The van der Waals surface area contributed by atoms with Gasteiger partial charge >= 0.3 is 12.0 Å². The van der Waals surface area contributed by atoms with Gasteiger partial charge in [0.25, 0.3) is 5.91 Å². The van der Waals surface area contributed by atoms with Gasteiger partial charge in [-0.1, -0.05) is 6.92 Å². The van der Waals surface area contributed by atoms with E-state index in [4.69, 9.17) is 14.2 Å². The van der Waals surface area contributed by atoms with Gasteiger partial charge in [-0.3, -0.25) is 10.1 Å². The van der Waals surface area contributed by atoms with Gasteiger partial charge in [-0.15, -0.1) is 0 Å². The van der Waals surface area contributed by atoms with E-state index in [0.29, 0.717) is 30.4 Å². The molecule has 36 heavy (non-hydrogen) atoms. The second-order valence-electron chi connectivity index (χ2n) is 7.75. The van der Waals surface area contributed by atoms with Gasteiger partial charge in [0.05, 0.1) is 13.2 Å². The summed E-state index contributed by atoms with van der Waals surface area (Å²) in [5.41, 5.74) is 2.78. The minimum atomic E-state index is -0.957. The number of carbonyl (C=O) groups is 3. The first-order chi connectivity index (χ1) is 17.2. The van der Waals surface area contributed by atoms with Crippen molar-refractivity contribution in [2.45, 2.75) is 47.6 Å². The number of aromatic nitrogens is 1. The van der Waals surface area contributed by atoms with Gasteiger partial charge in [0.1, 0.15) is 11.6 Å². The number of anilines is 1. The number of nitrogens with zero attached hydrogens (tertiary/aromatic N) is 2. The van der Waals surface area contributed by atoms with Crippen molar-refractivity contribution in [3.63, 3.8) is 0 Å². The molecular formula is C26H32N4O6. The highest BCUT2D eigenvalue weighted by Crippen LogP contribution is 2.30. The number of benzene rings is 1. The fourth-order valence-corrected chi connectivity index (χ4v) is 3.50. The lowest BCUT2D eigenvalue weighted by atomic mass is 10.1.